The molecule has 0 bridgehead atoms. The van der Waals surface area contributed by atoms with E-state index >= 15 is 0 Å². The third kappa shape index (κ3) is 4.58. The number of methoxy groups -OCH3 is 1. The van der Waals surface area contributed by atoms with Crippen molar-refractivity contribution in [2.45, 2.75) is 25.2 Å². The Hall–Kier alpha value is -3.13. The fraction of sp³-hybridized carbons (Fsp3) is 0.200. The molecule has 1 heterocycles. The average molecular weight is 398 g/mol. The van der Waals surface area contributed by atoms with Crippen LogP contribution in [-0.4, -0.2) is 25.7 Å². The molecule has 0 spiro atoms. The maximum absolute atomic E-state index is 12.5. The van der Waals surface area contributed by atoms with Crippen LogP contribution in [0.5, 0.6) is 5.75 Å². The van der Waals surface area contributed by atoms with E-state index in [1.165, 1.54) is 0 Å². The van der Waals surface area contributed by atoms with E-state index in [1.807, 2.05) is 32.0 Å². The molecule has 8 heteroatoms. The zero-order chi connectivity index (χ0) is 20.1. The van der Waals surface area contributed by atoms with Crippen molar-refractivity contribution in [3.63, 3.8) is 0 Å². The standard InChI is InChI=1S/C20H22N4O3S/c1-4-15-6-8-16(9-7-15)28(25,26)24-20-12-11-19(22-23-20)21-17-13-14(2)5-10-18(17)27-3/h5-13H,4H2,1-3H3,(H,21,22)(H,23,24). The number of benzene rings is 2. The summed E-state index contributed by atoms with van der Waals surface area (Å²) in [5.41, 5.74) is 2.89. The van der Waals surface area contributed by atoms with Crippen molar-refractivity contribution in [1.82, 2.24) is 10.2 Å². The lowest BCUT2D eigenvalue weighted by Gasteiger charge is -2.12. The van der Waals surface area contributed by atoms with E-state index in [9.17, 15) is 8.42 Å². The fourth-order valence-electron chi connectivity index (χ4n) is 2.61. The van der Waals surface area contributed by atoms with E-state index in [1.54, 1.807) is 43.5 Å². The van der Waals surface area contributed by atoms with Gasteiger partial charge in [0.05, 0.1) is 17.7 Å². The van der Waals surface area contributed by atoms with Crippen LogP contribution < -0.4 is 14.8 Å². The molecule has 0 radical (unpaired) electrons. The van der Waals surface area contributed by atoms with Gasteiger partial charge in [-0.15, -0.1) is 10.2 Å². The Balaban J connectivity index is 1.74. The number of hydrogen-bond acceptors (Lipinski definition) is 6. The molecule has 0 aliphatic carbocycles. The molecule has 28 heavy (non-hydrogen) atoms. The van der Waals surface area contributed by atoms with Gasteiger partial charge in [0.15, 0.2) is 11.6 Å². The fourth-order valence-corrected chi connectivity index (χ4v) is 3.61. The summed E-state index contributed by atoms with van der Waals surface area (Å²) in [6.07, 6.45) is 0.847. The van der Waals surface area contributed by atoms with Gasteiger partial charge < -0.3 is 10.1 Å². The second-order valence-corrected chi connectivity index (χ2v) is 7.92. The van der Waals surface area contributed by atoms with Gasteiger partial charge in [0.25, 0.3) is 10.0 Å². The minimum absolute atomic E-state index is 0.140. The third-order valence-electron chi connectivity index (χ3n) is 4.16. The van der Waals surface area contributed by atoms with Crippen molar-refractivity contribution < 1.29 is 13.2 Å². The molecule has 3 rings (SSSR count). The minimum atomic E-state index is -3.72. The molecule has 0 saturated heterocycles. The van der Waals surface area contributed by atoms with Gasteiger partial charge in [-0.2, -0.15) is 0 Å². The Morgan fingerprint density at radius 1 is 0.964 bits per heavy atom. The number of hydrogen-bond donors (Lipinski definition) is 2. The first-order valence-electron chi connectivity index (χ1n) is 8.78. The highest BCUT2D eigenvalue weighted by Crippen LogP contribution is 2.28. The summed E-state index contributed by atoms with van der Waals surface area (Å²) < 4.78 is 32.7. The zero-order valence-electron chi connectivity index (χ0n) is 15.9. The first kappa shape index (κ1) is 19.6. The second-order valence-electron chi connectivity index (χ2n) is 6.24. The van der Waals surface area contributed by atoms with Crippen molar-refractivity contribution in [1.29, 1.82) is 0 Å². The number of nitrogens with one attached hydrogen (secondary N) is 2. The highest BCUT2D eigenvalue weighted by Gasteiger charge is 2.15. The smallest absolute Gasteiger partial charge is 0.263 e. The van der Waals surface area contributed by atoms with Gasteiger partial charge in [-0.25, -0.2) is 8.42 Å². The lowest BCUT2D eigenvalue weighted by molar-refractivity contribution is 0.416. The van der Waals surface area contributed by atoms with Crippen LogP contribution in [-0.2, 0) is 16.4 Å². The van der Waals surface area contributed by atoms with Crippen LogP contribution >= 0.6 is 0 Å². The zero-order valence-corrected chi connectivity index (χ0v) is 16.7. The van der Waals surface area contributed by atoms with Crippen LogP contribution in [0.1, 0.15) is 18.1 Å². The predicted octanol–water partition coefficient (Wildman–Crippen LogP) is 3.90. The lowest BCUT2D eigenvalue weighted by atomic mass is 10.2. The van der Waals surface area contributed by atoms with E-state index in [-0.39, 0.29) is 10.7 Å². The summed E-state index contributed by atoms with van der Waals surface area (Å²) in [6.45, 7) is 3.99. The largest absolute Gasteiger partial charge is 0.495 e. The normalized spacial score (nSPS) is 11.1. The first-order chi connectivity index (χ1) is 13.4. The molecular formula is C20H22N4O3S. The number of rotatable bonds is 7. The van der Waals surface area contributed by atoms with Crippen LogP contribution in [0.15, 0.2) is 59.5 Å². The molecule has 0 aliphatic heterocycles. The van der Waals surface area contributed by atoms with E-state index in [4.69, 9.17) is 4.74 Å². The number of ether oxygens (including phenoxy) is 1. The quantitative estimate of drug-likeness (QED) is 0.627. The molecular weight excluding hydrogens is 376 g/mol. The van der Waals surface area contributed by atoms with Gasteiger partial charge in [-0.3, -0.25) is 4.72 Å². The number of anilines is 3. The van der Waals surface area contributed by atoms with E-state index < -0.39 is 10.0 Å². The molecule has 1 aromatic heterocycles. The summed E-state index contributed by atoms with van der Waals surface area (Å²) in [6, 6.07) is 15.7. The van der Waals surface area contributed by atoms with E-state index in [0.29, 0.717) is 11.6 Å². The first-order valence-corrected chi connectivity index (χ1v) is 10.3. The van der Waals surface area contributed by atoms with Crippen LogP contribution in [0, 0.1) is 6.92 Å². The summed E-state index contributed by atoms with van der Waals surface area (Å²) in [5, 5.41) is 11.1. The van der Waals surface area contributed by atoms with Gasteiger partial charge in [0, 0.05) is 0 Å². The van der Waals surface area contributed by atoms with Gasteiger partial charge >= 0.3 is 0 Å². The molecule has 0 amide bonds. The number of nitrogens with zero attached hydrogens (tertiary/aromatic N) is 2. The highest BCUT2D eigenvalue weighted by molar-refractivity contribution is 7.92. The number of sulfonamides is 1. The lowest BCUT2D eigenvalue weighted by Crippen LogP contribution is -2.14. The molecule has 146 valence electrons. The van der Waals surface area contributed by atoms with Gasteiger partial charge in [0.1, 0.15) is 5.75 Å². The second kappa shape index (κ2) is 8.26. The van der Waals surface area contributed by atoms with Crippen molar-refractivity contribution in [2.75, 3.05) is 17.1 Å². The molecule has 3 aromatic rings. The van der Waals surface area contributed by atoms with Crippen LogP contribution in [0.2, 0.25) is 0 Å². The predicted molar refractivity (Wildman–Crippen MR) is 110 cm³/mol. The Morgan fingerprint density at radius 2 is 1.64 bits per heavy atom. The summed E-state index contributed by atoms with van der Waals surface area (Å²) in [5.74, 6) is 1.29. The summed E-state index contributed by atoms with van der Waals surface area (Å²) in [4.78, 5) is 0.179. The topological polar surface area (TPSA) is 93.2 Å². The van der Waals surface area contributed by atoms with Crippen LogP contribution in [0.3, 0.4) is 0 Å². The van der Waals surface area contributed by atoms with Crippen molar-refractivity contribution >= 4 is 27.3 Å². The number of aryl methyl sites for hydroxylation is 2. The van der Waals surface area contributed by atoms with E-state index in [2.05, 4.69) is 20.2 Å². The third-order valence-corrected chi connectivity index (χ3v) is 5.53. The Bertz CT molecular complexity index is 1050. The van der Waals surface area contributed by atoms with Gasteiger partial charge in [-0.05, 0) is 60.9 Å². The monoisotopic (exact) mass is 398 g/mol. The van der Waals surface area contributed by atoms with Crippen molar-refractivity contribution in [3.05, 3.63) is 65.7 Å². The Labute approximate surface area is 164 Å². The SMILES string of the molecule is CCc1ccc(S(=O)(=O)Nc2ccc(Nc3cc(C)ccc3OC)nn2)cc1. The molecule has 0 fully saturated rings. The van der Waals surface area contributed by atoms with Crippen LogP contribution in [0.4, 0.5) is 17.3 Å². The van der Waals surface area contributed by atoms with Gasteiger partial charge in [0.2, 0.25) is 0 Å². The van der Waals surface area contributed by atoms with Crippen molar-refractivity contribution in [2.24, 2.45) is 0 Å². The van der Waals surface area contributed by atoms with Gasteiger partial charge in [-0.1, -0.05) is 25.1 Å². The minimum Gasteiger partial charge on any atom is -0.495 e. The molecule has 2 N–H and O–H groups in total. The van der Waals surface area contributed by atoms with Crippen LogP contribution in [0.25, 0.3) is 0 Å². The maximum atomic E-state index is 12.5. The van der Waals surface area contributed by atoms with E-state index in [0.717, 1.165) is 23.2 Å². The molecule has 0 unspecified atom stereocenters. The molecule has 0 atom stereocenters. The number of aromatic nitrogens is 2. The molecule has 7 nitrogen and oxygen atoms in total. The summed E-state index contributed by atoms with van der Waals surface area (Å²) >= 11 is 0. The Morgan fingerprint density at radius 3 is 2.25 bits per heavy atom. The van der Waals surface area contributed by atoms with Crippen molar-refractivity contribution in [3.8, 4) is 5.75 Å². The average Bonchev–Trinajstić information content (AvgIpc) is 2.69. The molecule has 0 saturated carbocycles. The molecule has 0 aliphatic rings. The Kier molecular flexibility index (Phi) is 5.79. The highest BCUT2D eigenvalue weighted by atomic mass is 32.2. The molecule has 2 aromatic carbocycles. The maximum Gasteiger partial charge on any atom is 0.263 e. The summed E-state index contributed by atoms with van der Waals surface area (Å²) in [7, 11) is -2.13.